The number of hydrogen-bond donors (Lipinski definition) is 1. The third-order valence-corrected chi connectivity index (χ3v) is 5.85. The first-order chi connectivity index (χ1) is 14.7. The van der Waals surface area contributed by atoms with Crippen molar-refractivity contribution in [1.29, 1.82) is 0 Å². The van der Waals surface area contributed by atoms with Gasteiger partial charge in [-0.15, -0.1) is 11.3 Å². The zero-order valence-corrected chi connectivity index (χ0v) is 17.7. The van der Waals surface area contributed by atoms with Crippen LogP contribution >= 0.6 is 11.3 Å². The van der Waals surface area contributed by atoms with E-state index in [2.05, 4.69) is 20.2 Å². The van der Waals surface area contributed by atoms with Crippen molar-refractivity contribution in [1.82, 2.24) is 14.9 Å². The van der Waals surface area contributed by atoms with Crippen molar-refractivity contribution in [3.8, 4) is 22.8 Å². The summed E-state index contributed by atoms with van der Waals surface area (Å²) in [6.07, 6.45) is 4.03. The topological polar surface area (TPSA) is 59.5 Å². The van der Waals surface area contributed by atoms with Crippen molar-refractivity contribution in [2.75, 3.05) is 38.7 Å². The Labute approximate surface area is 179 Å². The summed E-state index contributed by atoms with van der Waals surface area (Å²) < 4.78 is 24.4. The quantitative estimate of drug-likeness (QED) is 0.558. The molecule has 2 aromatic heterocycles. The zero-order chi connectivity index (χ0) is 20.8. The summed E-state index contributed by atoms with van der Waals surface area (Å²) in [6, 6.07) is 9.74. The minimum absolute atomic E-state index is 0.605. The van der Waals surface area contributed by atoms with Gasteiger partial charge in [-0.25, -0.2) is 9.37 Å². The molecule has 4 rings (SSSR count). The van der Waals surface area contributed by atoms with Crippen LogP contribution in [0.15, 0.2) is 48.1 Å². The van der Waals surface area contributed by atoms with Crippen molar-refractivity contribution in [3.05, 3.63) is 48.1 Å². The molecule has 1 N–H and O–H groups in total. The van der Waals surface area contributed by atoms with Gasteiger partial charge in [0.1, 0.15) is 30.0 Å². The minimum atomic E-state index is -0.637. The summed E-state index contributed by atoms with van der Waals surface area (Å²) in [4.78, 5) is 11.0. The number of piperidine rings is 1. The van der Waals surface area contributed by atoms with Gasteiger partial charge < -0.3 is 14.8 Å². The molecule has 158 valence electrons. The highest BCUT2D eigenvalue weighted by atomic mass is 32.1. The molecule has 0 atom stereocenters. The van der Waals surface area contributed by atoms with Crippen LogP contribution in [0.1, 0.15) is 12.8 Å². The molecule has 6 nitrogen and oxygen atoms in total. The molecule has 0 bridgehead atoms. The van der Waals surface area contributed by atoms with Crippen LogP contribution in [0, 0.1) is 0 Å². The Morgan fingerprint density at radius 2 is 2.00 bits per heavy atom. The van der Waals surface area contributed by atoms with E-state index in [1.54, 1.807) is 25.6 Å². The molecule has 3 aromatic rings. The van der Waals surface area contributed by atoms with Crippen LogP contribution < -0.4 is 14.8 Å². The number of thiazole rings is 1. The second kappa shape index (κ2) is 9.86. The summed E-state index contributed by atoms with van der Waals surface area (Å²) in [5.41, 5.74) is 2.70. The van der Waals surface area contributed by atoms with Crippen LogP contribution in [0.4, 0.5) is 15.2 Å². The lowest BCUT2D eigenvalue weighted by Crippen LogP contribution is -2.37. The number of benzene rings is 1. The summed E-state index contributed by atoms with van der Waals surface area (Å²) in [7, 11) is 1.63. The number of methoxy groups -OCH3 is 1. The fraction of sp³-hybridized carbons (Fsp3) is 0.364. The highest BCUT2D eigenvalue weighted by molar-refractivity contribution is 7.14. The normalized spacial score (nSPS) is 15.1. The molecular weight excluding hydrogens is 403 g/mol. The molecule has 3 heterocycles. The second-order valence-corrected chi connectivity index (χ2v) is 7.99. The lowest BCUT2D eigenvalue weighted by atomic mass is 10.1. The lowest BCUT2D eigenvalue weighted by Gasteiger charge is -2.28. The predicted molar refractivity (Wildman–Crippen MR) is 118 cm³/mol. The van der Waals surface area contributed by atoms with Gasteiger partial charge >= 0.3 is 0 Å². The molecule has 0 amide bonds. The number of halogens is 1. The SMILES string of the molecule is COc1ccncc1Nc1nc(-c2ccc(OCCN3CCC(F)CC3)cc2)cs1. The number of hydrogen-bond acceptors (Lipinski definition) is 7. The number of pyridine rings is 1. The number of rotatable bonds is 8. The molecule has 1 aliphatic heterocycles. The number of alkyl halides is 1. The maximum atomic E-state index is 13.2. The van der Waals surface area contributed by atoms with Crippen LogP contribution in [-0.2, 0) is 0 Å². The van der Waals surface area contributed by atoms with Gasteiger partial charge in [-0.1, -0.05) is 0 Å². The van der Waals surface area contributed by atoms with Gasteiger partial charge in [0.2, 0.25) is 0 Å². The average molecular weight is 429 g/mol. The fourth-order valence-corrected chi connectivity index (χ4v) is 4.10. The fourth-order valence-electron chi connectivity index (χ4n) is 3.37. The highest BCUT2D eigenvalue weighted by Crippen LogP contribution is 2.31. The monoisotopic (exact) mass is 428 g/mol. The number of nitrogens with one attached hydrogen (secondary N) is 1. The van der Waals surface area contributed by atoms with Crippen LogP contribution in [0.5, 0.6) is 11.5 Å². The second-order valence-electron chi connectivity index (χ2n) is 7.13. The van der Waals surface area contributed by atoms with E-state index in [0.29, 0.717) is 19.4 Å². The lowest BCUT2D eigenvalue weighted by molar-refractivity contribution is 0.132. The molecule has 0 aliphatic carbocycles. The number of ether oxygens (including phenoxy) is 2. The first-order valence-corrected chi connectivity index (χ1v) is 10.9. The Hall–Kier alpha value is -2.71. The van der Waals surface area contributed by atoms with Crippen molar-refractivity contribution in [2.45, 2.75) is 19.0 Å². The number of aromatic nitrogens is 2. The molecular formula is C22H25FN4O2S. The summed E-state index contributed by atoms with van der Waals surface area (Å²) in [5, 5.41) is 6.04. The number of nitrogens with zero attached hydrogens (tertiary/aromatic N) is 3. The van der Waals surface area contributed by atoms with Gasteiger partial charge in [0.15, 0.2) is 5.13 Å². The summed E-state index contributed by atoms with van der Waals surface area (Å²) >= 11 is 1.52. The van der Waals surface area contributed by atoms with Gasteiger partial charge in [-0.05, 0) is 37.1 Å². The van der Waals surface area contributed by atoms with Crippen molar-refractivity contribution in [3.63, 3.8) is 0 Å². The van der Waals surface area contributed by atoms with E-state index >= 15 is 0 Å². The first-order valence-electron chi connectivity index (χ1n) is 10.0. The third kappa shape index (κ3) is 5.25. The molecule has 1 aliphatic rings. The molecule has 1 aromatic carbocycles. The zero-order valence-electron chi connectivity index (χ0n) is 16.9. The van der Waals surface area contributed by atoms with Gasteiger partial charge in [-0.3, -0.25) is 9.88 Å². The van der Waals surface area contributed by atoms with Crippen molar-refractivity contribution >= 4 is 22.2 Å². The van der Waals surface area contributed by atoms with E-state index in [1.165, 1.54) is 11.3 Å². The van der Waals surface area contributed by atoms with E-state index in [1.807, 2.05) is 29.6 Å². The van der Waals surface area contributed by atoms with E-state index in [4.69, 9.17) is 9.47 Å². The summed E-state index contributed by atoms with van der Waals surface area (Å²) in [5.74, 6) is 1.55. The van der Waals surface area contributed by atoms with E-state index in [0.717, 1.165) is 53.2 Å². The molecule has 0 radical (unpaired) electrons. The van der Waals surface area contributed by atoms with Gasteiger partial charge in [0, 0.05) is 42.8 Å². The number of likely N-dealkylation sites (tertiary alicyclic amines) is 1. The van der Waals surface area contributed by atoms with Crippen molar-refractivity contribution in [2.24, 2.45) is 0 Å². The smallest absolute Gasteiger partial charge is 0.187 e. The largest absolute Gasteiger partial charge is 0.494 e. The van der Waals surface area contributed by atoms with E-state index in [9.17, 15) is 4.39 Å². The maximum Gasteiger partial charge on any atom is 0.187 e. The van der Waals surface area contributed by atoms with Gasteiger partial charge in [0.25, 0.3) is 0 Å². The Morgan fingerprint density at radius 1 is 1.20 bits per heavy atom. The Balaban J connectivity index is 1.31. The molecule has 8 heteroatoms. The Kier molecular flexibility index (Phi) is 6.76. The molecule has 0 spiro atoms. The van der Waals surface area contributed by atoms with Crippen LogP contribution in [0.25, 0.3) is 11.3 Å². The molecule has 0 unspecified atom stereocenters. The molecule has 0 saturated carbocycles. The molecule has 30 heavy (non-hydrogen) atoms. The third-order valence-electron chi connectivity index (χ3n) is 5.09. The standard InChI is InChI=1S/C22H25FN4O2S/c1-28-21-6-9-24-14-19(21)25-22-26-20(15-30-22)16-2-4-18(5-3-16)29-13-12-27-10-7-17(23)8-11-27/h2-6,9,14-15,17H,7-8,10-13H2,1H3,(H,25,26). The van der Waals surface area contributed by atoms with Crippen molar-refractivity contribution < 1.29 is 13.9 Å². The maximum absolute atomic E-state index is 13.2. The Morgan fingerprint density at radius 3 is 2.77 bits per heavy atom. The van der Waals surface area contributed by atoms with Gasteiger partial charge in [-0.2, -0.15) is 0 Å². The van der Waals surface area contributed by atoms with E-state index in [-0.39, 0.29) is 0 Å². The minimum Gasteiger partial charge on any atom is -0.494 e. The summed E-state index contributed by atoms with van der Waals surface area (Å²) in [6.45, 7) is 3.06. The number of anilines is 2. The molecule has 1 saturated heterocycles. The van der Waals surface area contributed by atoms with Gasteiger partial charge in [0.05, 0.1) is 19.0 Å². The van der Waals surface area contributed by atoms with Crippen LogP contribution in [0.3, 0.4) is 0 Å². The average Bonchev–Trinajstić information content (AvgIpc) is 3.24. The Bertz CT molecular complexity index is 942. The highest BCUT2D eigenvalue weighted by Gasteiger charge is 2.17. The van der Waals surface area contributed by atoms with E-state index < -0.39 is 6.17 Å². The predicted octanol–water partition coefficient (Wildman–Crippen LogP) is 4.77. The first kappa shape index (κ1) is 20.6. The van der Waals surface area contributed by atoms with Crippen LogP contribution in [0.2, 0.25) is 0 Å². The van der Waals surface area contributed by atoms with Crippen LogP contribution in [-0.4, -0.2) is 54.4 Å². The molecule has 1 fully saturated rings.